The van der Waals surface area contributed by atoms with E-state index in [1.807, 2.05) is 38.1 Å². The molecule has 0 unspecified atom stereocenters. The fourth-order valence-electron chi connectivity index (χ4n) is 2.71. The number of aromatic nitrogens is 2. The first-order valence-electron chi connectivity index (χ1n) is 8.50. The fourth-order valence-corrected chi connectivity index (χ4v) is 2.71. The number of hydrogen-bond donors (Lipinski definition) is 1. The molecular weight excluding hydrogens is 418 g/mol. The Labute approximate surface area is 174 Å². The molecule has 8 heteroatoms. The molecule has 2 heterocycles. The quantitative estimate of drug-likeness (QED) is 0.544. The molecule has 0 radical (unpaired) electrons. The van der Waals surface area contributed by atoms with Gasteiger partial charge >= 0.3 is 33.0 Å². The average Bonchev–Trinajstić information content (AvgIpc) is 2.98. The number of fused-ring (bicyclic) bond motifs is 1. The summed E-state index contributed by atoms with van der Waals surface area (Å²) in [4.78, 5) is 16.8. The number of para-hydroxylation sites is 2. The Morgan fingerprint density at radius 1 is 0.923 bits per heavy atom. The number of aromatic amines is 1. The third-order valence-corrected chi connectivity index (χ3v) is 4.07. The van der Waals surface area contributed by atoms with Crippen LogP contribution in [0.15, 0.2) is 39.4 Å². The molecule has 26 heavy (non-hydrogen) atoms. The van der Waals surface area contributed by atoms with Crippen LogP contribution in [0.1, 0.15) is 39.5 Å². The van der Waals surface area contributed by atoms with E-state index in [-0.39, 0.29) is 33.0 Å². The zero-order valence-electron chi connectivity index (χ0n) is 14.9. The minimum absolute atomic E-state index is 0. The number of benzene rings is 1. The maximum atomic E-state index is 4.63. The summed E-state index contributed by atoms with van der Waals surface area (Å²) in [6.07, 6.45) is 4.65. The van der Waals surface area contributed by atoms with Crippen LogP contribution in [0, 0.1) is 0 Å². The molecule has 0 bridgehead atoms. The molecule has 1 aliphatic rings. The molecule has 1 aromatic carbocycles. The molecule has 6 nitrogen and oxygen atoms in total. The minimum Gasteiger partial charge on any atom is -0.410 e. The summed E-state index contributed by atoms with van der Waals surface area (Å²) in [5.74, 6) is 0.499. The van der Waals surface area contributed by atoms with Gasteiger partial charge in [-0.2, -0.15) is 0 Å². The van der Waals surface area contributed by atoms with Crippen LogP contribution in [0.5, 0.6) is 0 Å². The number of imidazole rings is 1. The van der Waals surface area contributed by atoms with Crippen molar-refractivity contribution in [3.8, 4) is 0 Å². The van der Waals surface area contributed by atoms with Crippen molar-refractivity contribution in [3.63, 3.8) is 0 Å². The van der Waals surface area contributed by atoms with E-state index in [0.717, 1.165) is 54.1 Å². The van der Waals surface area contributed by atoms with Gasteiger partial charge in [0.05, 0.1) is 11.4 Å². The van der Waals surface area contributed by atoms with Crippen molar-refractivity contribution in [3.05, 3.63) is 29.7 Å². The molecule has 0 aliphatic carbocycles. The normalized spacial score (nSPS) is 15.7. The number of aliphatic imine (C=N–C) groups is 2. The van der Waals surface area contributed by atoms with Gasteiger partial charge in [0.1, 0.15) is 5.71 Å². The van der Waals surface area contributed by atoms with Crippen LogP contribution < -0.4 is 0 Å². The van der Waals surface area contributed by atoms with Crippen LogP contribution in [0.4, 0.5) is 5.95 Å². The van der Waals surface area contributed by atoms with Gasteiger partial charge in [0.15, 0.2) is 0 Å². The summed E-state index contributed by atoms with van der Waals surface area (Å²) in [6.45, 7) is 5.62. The van der Waals surface area contributed by atoms with Crippen molar-refractivity contribution >= 4 is 34.1 Å². The Bertz CT molecular complexity index is 735. The molecule has 0 saturated heterocycles. The molecule has 0 fully saturated rings. The molecule has 0 saturated carbocycles. The van der Waals surface area contributed by atoms with Gasteiger partial charge in [0.2, 0.25) is 0 Å². The first kappa shape index (κ1) is 22.5. The van der Waals surface area contributed by atoms with Crippen LogP contribution in [0.25, 0.3) is 16.5 Å². The summed E-state index contributed by atoms with van der Waals surface area (Å²) < 4.78 is 0. The first-order chi connectivity index (χ1) is 11.7. The van der Waals surface area contributed by atoms with Crippen LogP contribution in [-0.2, 0) is 33.0 Å². The van der Waals surface area contributed by atoms with Crippen molar-refractivity contribution in [2.75, 3.05) is 13.1 Å². The van der Waals surface area contributed by atoms with Crippen LogP contribution in [0.2, 0.25) is 0 Å². The van der Waals surface area contributed by atoms with Gasteiger partial charge in [-0.1, -0.05) is 37.1 Å². The summed E-state index contributed by atoms with van der Waals surface area (Å²) in [7, 11) is 0. The number of nitrogens with zero attached hydrogens (tertiary/aromatic N) is 5. The maximum absolute atomic E-state index is 4.63. The summed E-state index contributed by atoms with van der Waals surface area (Å²) in [5.41, 5.74) is 8.64. The van der Waals surface area contributed by atoms with Crippen molar-refractivity contribution in [2.45, 2.75) is 39.5 Å². The Balaban J connectivity index is 0.00000169. The van der Waals surface area contributed by atoms with E-state index in [2.05, 4.69) is 30.5 Å². The van der Waals surface area contributed by atoms with Crippen LogP contribution >= 0.6 is 0 Å². The topological polar surface area (TPSA) is 79.9 Å². The van der Waals surface area contributed by atoms with Gasteiger partial charge in [0, 0.05) is 24.6 Å². The minimum atomic E-state index is 0. The summed E-state index contributed by atoms with van der Waals surface area (Å²) in [6, 6.07) is 7.84. The molecule has 2 aromatic rings. The molecule has 142 valence electrons. The predicted octanol–water partition coefficient (Wildman–Crippen LogP) is 4.41. The van der Waals surface area contributed by atoms with E-state index in [9.17, 15) is 0 Å². The Morgan fingerprint density at radius 3 is 2.15 bits per heavy atom. The standard InChI is InChI=1S/C18H23N6.2Ni/c1-13-17(14(2)20-12-8-4-3-7-11-19-13)23-24-18-21-15-9-5-6-10-16(15)22-18;;/h5-6,9-10H,3-4,7-8,11-12H2,1-2H3,(H-,21,22,24);;/q-1;2*+2. The molecule has 1 aromatic heterocycles. The van der Waals surface area contributed by atoms with Gasteiger partial charge in [-0.3, -0.25) is 15.4 Å². The van der Waals surface area contributed by atoms with Gasteiger partial charge in [0.25, 0.3) is 0 Å². The Morgan fingerprint density at radius 2 is 1.54 bits per heavy atom. The molecule has 0 spiro atoms. The second kappa shape index (κ2) is 11.3. The van der Waals surface area contributed by atoms with Crippen molar-refractivity contribution in [1.29, 1.82) is 0 Å². The van der Waals surface area contributed by atoms with Gasteiger partial charge in [-0.05, 0) is 32.2 Å². The number of rotatable bonds is 2. The molecule has 3 rings (SSSR count). The Hall–Kier alpha value is -1.51. The van der Waals surface area contributed by atoms with Crippen molar-refractivity contribution < 1.29 is 33.0 Å². The third kappa shape index (κ3) is 6.03. The summed E-state index contributed by atoms with van der Waals surface area (Å²) in [5, 5.41) is 4.40. The largest absolute Gasteiger partial charge is 2.00 e. The molecule has 0 atom stereocenters. The van der Waals surface area contributed by atoms with E-state index >= 15 is 0 Å². The van der Waals surface area contributed by atoms with Gasteiger partial charge in [-0.15, -0.1) is 0 Å². The number of H-pyrrole nitrogens is 1. The van der Waals surface area contributed by atoms with Crippen molar-refractivity contribution in [1.82, 2.24) is 9.97 Å². The third-order valence-electron chi connectivity index (χ3n) is 4.07. The summed E-state index contributed by atoms with van der Waals surface area (Å²) >= 11 is 0. The van der Waals surface area contributed by atoms with Crippen LogP contribution in [0.3, 0.4) is 0 Å². The second-order valence-corrected chi connectivity index (χ2v) is 5.97. The van der Waals surface area contributed by atoms with E-state index in [0.29, 0.717) is 5.95 Å². The van der Waals surface area contributed by atoms with E-state index in [4.69, 9.17) is 0 Å². The monoisotopic (exact) mass is 439 g/mol. The van der Waals surface area contributed by atoms with E-state index in [1.165, 1.54) is 12.8 Å². The fraction of sp³-hybridized carbons (Fsp3) is 0.444. The first-order valence-corrected chi connectivity index (χ1v) is 8.50. The molecular formula is C18H23N6Ni2+3. The number of nitrogens with one attached hydrogen (secondary N) is 1. The van der Waals surface area contributed by atoms with E-state index in [1.54, 1.807) is 0 Å². The average molecular weight is 441 g/mol. The Kier molecular flexibility index (Phi) is 9.75. The number of hydrogen-bond acceptors (Lipinski definition) is 4. The van der Waals surface area contributed by atoms with Gasteiger partial charge < -0.3 is 9.97 Å². The molecule has 1 aliphatic heterocycles. The molecule has 1 N–H and O–H groups in total. The van der Waals surface area contributed by atoms with Crippen molar-refractivity contribution in [2.24, 2.45) is 15.1 Å². The smallest absolute Gasteiger partial charge is 0.410 e. The maximum Gasteiger partial charge on any atom is 2.00 e. The van der Waals surface area contributed by atoms with Gasteiger partial charge in [-0.25, -0.2) is 5.10 Å². The SMILES string of the molecule is CC1=NCCCCCCN=C(C)C1=N[N-]c1nc2ccccc2[nH]1.[Ni+2].[Ni+2]. The van der Waals surface area contributed by atoms with E-state index < -0.39 is 0 Å². The second-order valence-electron chi connectivity index (χ2n) is 5.97. The van der Waals surface area contributed by atoms with Crippen LogP contribution in [-0.4, -0.2) is 40.2 Å². The zero-order valence-corrected chi connectivity index (χ0v) is 16.9. The zero-order chi connectivity index (χ0) is 16.8. The molecule has 0 amide bonds. The predicted molar refractivity (Wildman–Crippen MR) is 101 cm³/mol.